The van der Waals surface area contributed by atoms with Crippen LogP contribution in [0.1, 0.15) is 38.5 Å². The number of nitrogens with two attached hydrogens (primary N) is 1. The minimum Gasteiger partial charge on any atom is -0.469 e. The number of fused-ring (bicyclic) bond motifs is 1. The molecule has 0 saturated carbocycles. The van der Waals surface area contributed by atoms with Crippen LogP contribution in [0.2, 0.25) is 0 Å². The maximum Gasteiger partial charge on any atom is 0.323 e. The standard InChI is InChI=1S/C19H25NO5/c1-19(2,3)25-18(22)15(20)11-14-10-13-9-12(5-7-16(13)24-14)6-8-17(21)23-4/h5,7,9-10,15H,6,8,11,20H2,1-4H3. The molecule has 2 aromatic rings. The van der Waals surface area contributed by atoms with Gasteiger partial charge in [0.25, 0.3) is 0 Å². The Morgan fingerprint density at radius 1 is 1.24 bits per heavy atom. The molecule has 0 saturated heterocycles. The predicted octanol–water partition coefficient (Wildman–Crippen LogP) is 2.75. The zero-order chi connectivity index (χ0) is 18.6. The summed E-state index contributed by atoms with van der Waals surface area (Å²) in [4.78, 5) is 23.2. The monoisotopic (exact) mass is 347 g/mol. The number of aryl methyl sites for hydroxylation is 1. The SMILES string of the molecule is COC(=O)CCc1ccc2oc(CC(N)C(=O)OC(C)(C)C)cc2c1. The van der Waals surface area contributed by atoms with E-state index in [0.29, 0.717) is 24.2 Å². The molecule has 1 unspecified atom stereocenters. The highest BCUT2D eigenvalue weighted by molar-refractivity contribution is 5.80. The number of benzene rings is 1. The largest absolute Gasteiger partial charge is 0.469 e. The Hall–Kier alpha value is -2.34. The van der Waals surface area contributed by atoms with Crippen LogP contribution in [0, 0.1) is 0 Å². The molecule has 136 valence electrons. The average molecular weight is 347 g/mol. The van der Waals surface area contributed by atoms with E-state index in [4.69, 9.17) is 14.9 Å². The molecule has 25 heavy (non-hydrogen) atoms. The topological polar surface area (TPSA) is 91.8 Å². The molecule has 1 heterocycles. The number of rotatable bonds is 6. The Labute approximate surface area is 147 Å². The lowest BCUT2D eigenvalue weighted by molar-refractivity contribution is -0.156. The van der Waals surface area contributed by atoms with Crippen molar-refractivity contribution in [3.63, 3.8) is 0 Å². The van der Waals surface area contributed by atoms with Gasteiger partial charge in [-0.15, -0.1) is 0 Å². The highest BCUT2D eigenvalue weighted by Gasteiger charge is 2.23. The van der Waals surface area contributed by atoms with Gasteiger partial charge in [0.2, 0.25) is 0 Å². The molecule has 0 aliphatic heterocycles. The van der Waals surface area contributed by atoms with E-state index in [1.165, 1.54) is 7.11 Å². The van der Waals surface area contributed by atoms with E-state index in [0.717, 1.165) is 10.9 Å². The van der Waals surface area contributed by atoms with Crippen molar-refractivity contribution < 1.29 is 23.5 Å². The maximum atomic E-state index is 12.0. The zero-order valence-electron chi connectivity index (χ0n) is 15.1. The highest BCUT2D eigenvalue weighted by Crippen LogP contribution is 2.23. The minimum atomic E-state index is -0.779. The number of carbonyl (C=O) groups is 2. The number of ether oxygens (including phenoxy) is 2. The summed E-state index contributed by atoms with van der Waals surface area (Å²) in [6.07, 6.45) is 1.19. The Kier molecular flexibility index (Phi) is 5.85. The molecule has 0 bridgehead atoms. The molecule has 0 radical (unpaired) electrons. The van der Waals surface area contributed by atoms with E-state index in [-0.39, 0.29) is 12.4 Å². The lowest BCUT2D eigenvalue weighted by Gasteiger charge is -2.21. The fourth-order valence-electron chi connectivity index (χ4n) is 2.43. The van der Waals surface area contributed by atoms with E-state index in [1.807, 2.05) is 24.3 Å². The first-order valence-electron chi connectivity index (χ1n) is 8.24. The second-order valence-corrected chi connectivity index (χ2v) is 7.01. The summed E-state index contributed by atoms with van der Waals surface area (Å²) in [6.45, 7) is 5.40. The van der Waals surface area contributed by atoms with Gasteiger partial charge in [0.1, 0.15) is 23.0 Å². The summed E-state index contributed by atoms with van der Waals surface area (Å²) in [5, 5.41) is 0.911. The second kappa shape index (κ2) is 7.70. The van der Waals surface area contributed by atoms with Crippen molar-refractivity contribution in [1.82, 2.24) is 0 Å². The van der Waals surface area contributed by atoms with Crippen LogP contribution in [0.4, 0.5) is 0 Å². The quantitative estimate of drug-likeness (QED) is 0.808. The first-order chi connectivity index (χ1) is 11.7. The van der Waals surface area contributed by atoms with Crippen molar-refractivity contribution in [2.24, 2.45) is 5.73 Å². The Bertz CT molecular complexity index is 757. The van der Waals surface area contributed by atoms with Crippen LogP contribution in [-0.2, 0) is 31.9 Å². The number of carbonyl (C=O) groups excluding carboxylic acids is 2. The van der Waals surface area contributed by atoms with E-state index in [2.05, 4.69) is 4.74 Å². The third-order valence-corrected chi connectivity index (χ3v) is 3.61. The Morgan fingerprint density at radius 3 is 2.60 bits per heavy atom. The molecule has 6 heteroatoms. The first-order valence-corrected chi connectivity index (χ1v) is 8.24. The molecule has 0 aliphatic rings. The third-order valence-electron chi connectivity index (χ3n) is 3.61. The van der Waals surface area contributed by atoms with Crippen LogP contribution in [0.25, 0.3) is 11.0 Å². The summed E-state index contributed by atoms with van der Waals surface area (Å²) in [7, 11) is 1.38. The average Bonchev–Trinajstić information content (AvgIpc) is 2.92. The number of hydrogen-bond acceptors (Lipinski definition) is 6. The van der Waals surface area contributed by atoms with Crippen LogP contribution >= 0.6 is 0 Å². The number of furan rings is 1. The summed E-state index contributed by atoms with van der Waals surface area (Å²) in [6, 6.07) is 6.81. The van der Waals surface area contributed by atoms with Gasteiger partial charge in [0.15, 0.2) is 0 Å². The summed E-state index contributed by atoms with van der Waals surface area (Å²) < 4.78 is 15.7. The molecule has 2 rings (SSSR count). The van der Waals surface area contributed by atoms with Gasteiger partial charge in [0.05, 0.1) is 7.11 Å². The predicted molar refractivity (Wildman–Crippen MR) is 94.1 cm³/mol. The molecule has 2 N–H and O–H groups in total. The maximum absolute atomic E-state index is 12.0. The Morgan fingerprint density at radius 2 is 1.96 bits per heavy atom. The summed E-state index contributed by atoms with van der Waals surface area (Å²) >= 11 is 0. The second-order valence-electron chi connectivity index (χ2n) is 7.01. The van der Waals surface area contributed by atoms with Gasteiger partial charge in [-0.1, -0.05) is 6.07 Å². The molecule has 0 spiro atoms. The molecule has 1 aromatic heterocycles. The van der Waals surface area contributed by atoms with Crippen molar-refractivity contribution in [2.45, 2.75) is 51.7 Å². The van der Waals surface area contributed by atoms with Gasteiger partial charge in [-0.3, -0.25) is 9.59 Å². The van der Waals surface area contributed by atoms with Crippen molar-refractivity contribution in [3.8, 4) is 0 Å². The molecular formula is C19H25NO5. The number of methoxy groups -OCH3 is 1. The molecule has 1 aromatic carbocycles. The molecule has 6 nitrogen and oxygen atoms in total. The summed E-state index contributed by atoms with van der Waals surface area (Å²) in [5.41, 5.74) is 7.08. The molecule has 0 amide bonds. The highest BCUT2D eigenvalue weighted by atomic mass is 16.6. The fraction of sp³-hybridized carbons (Fsp3) is 0.474. The third kappa shape index (κ3) is 5.60. The van der Waals surface area contributed by atoms with Gasteiger partial charge in [-0.05, 0) is 51.0 Å². The molecular weight excluding hydrogens is 322 g/mol. The van der Waals surface area contributed by atoms with Gasteiger partial charge in [-0.25, -0.2) is 0 Å². The zero-order valence-corrected chi connectivity index (χ0v) is 15.1. The van der Waals surface area contributed by atoms with Gasteiger partial charge >= 0.3 is 11.9 Å². The van der Waals surface area contributed by atoms with Crippen LogP contribution < -0.4 is 5.73 Å². The van der Waals surface area contributed by atoms with Crippen LogP contribution in [0.15, 0.2) is 28.7 Å². The first kappa shape index (κ1) is 19.0. The van der Waals surface area contributed by atoms with Crippen molar-refractivity contribution >= 4 is 22.9 Å². The van der Waals surface area contributed by atoms with Crippen LogP contribution in [0.3, 0.4) is 0 Å². The van der Waals surface area contributed by atoms with Crippen molar-refractivity contribution in [3.05, 3.63) is 35.6 Å². The Balaban J connectivity index is 2.05. The van der Waals surface area contributed by atoms with Crippen LogP contribution in [0.5, 0.6) is 0 Å². The van der Waals surface area contributed by atoms with Crippen molar-refractivity contribution in [1.29, 1.82) is 0 Å². The lowest BCUT2D eigenvalue weighted by atomic mass is 10.1. The smallest absolute Gasteiger partial charge is 0.323 e. The van der Waals surface area contributed by atoms with E-state index in [1.54, 1.807) is 20.8 Å². The number of esters is 2. The van der Waals surface area contributed by atoms with Gasteiger partial charge < -0.3 is 19.6 Å². The normalized spacial score (nSPS) is 12.8. The van der Waals surface area contributed by atoms with E-state index >= 15 is 0 Å². The number of hydrogen-bond donors (Lipinski definition) is 1. The van der Waals surface area contributed by atoms with Crippen molar-refractivity contribution in [2.75, 3.05) is 7.11 Å². The van der Waals surface area contributed by atoms with Gasteiger partial charge in [-0.2, -0.15) is 0 Å². The van der Waals surface area contributed by atoms with Gasteiger partial charge in [0, 0.05) is 18.2 Å². The minimum absolute atomic E-state index is 0.240. The lowest BCUT2D eigenvalue weighted by Crippen LogP contribution is -2.38. The fourth-order valence-corrected chi connectivity index (χ4v) is 2.43. The van der Waals surface area contributed by atoms with Crippen LogP contribution in [-0.4, -0.2) is 30.7 Å². The summed E-state index contributed by atoms with van der Waals surface area (Å²) in [5.74, 6) is -0.0680. The van der Waals surface area contributed by atoms with E-state index < -0.39 is 17.6 Å². The molecule has 1 atom stereocenters. The van der Waals surface area contributed by atoms with E-state index in [9.17, 15) is 9.59 Å². The molecule has 0 fully saturated rings. The molecule has 0 aliphatic carbocycles.